The number of fused-ring (bicyclic) bond motifs is 1. The van der Waals surface area contributed by atoms with Crippen molar-refractivity contribution < 1.29 is 23.8 Å². The first-order chi connectivity index (χ1) is 17.0. The smallest absolute Gasteiger partial charge is 0.296 e. The number of amides is 2. The molecule has 1 aromatic heterocycles. The molecule has 1 aromatic carbocycles. The summed E-state index contributed by atoms with van der Waals surface area (Å²) in [5.41, 5.74) is -1.10. The van der Waals surface area contributed by atoms with Crippen LogP contribution in [0.2, 0.25) is 0 Å². The summed E-state index contributed by atoms with van der Waals surface area (Å²) >= 11 is 0. The van der Waals surface area contributed by atoms with Crippen LogP contribution in [0, 0.1) is 5.82 Å². The van der Waals surface area contributed by atoms with Crippen LogP contribution in [0.25, 0.3) is 0 Å². The molecular weight excluding hydrogens is 469 g/mol. The van der Waals surface area contributed by atoms with E-state index < -0.39 is 34.3 Å². The number of nitrogens with zero attached hydrogens (tertiary/aromatic N) is 4. The Morgan fingerprint density at radius 2 is 2.08 bits per heavy atom. The van der Waals surface area contributed by atoms with Crippen molar-refractivity contribution in [3.05, 3.63) is 51.5 Å². The van der Waals surface area contributed by atoms with Gasteiger partial charge in [0.05, 0.1) is 18.8 Å². The maximum Gasteiger partial charge on any atom is 0.296 e. The van der Waals surface area contributed by atoms with Crippen LogP contribution >= 0.6 is 0 Å². The Kier molecular flexibility index (Phi) is 7.14. The molecule has 0 unspecified atom stereocenters. The third-order valence-electron chi connectivity index (χ3n) is 6.66. The van der Waals surface area contributed by atoms with Crippen LogP contribution in [0.1, 0.15) is 55.0 Å². The third-order valence-corrected chi connectivity index (χ3v) is 6.66. The normalized spacial score (nSPS) is 19.0. The van der Waals surface area contributed by atoms with Crippen molar-refractivity contribution in [1.82, 2.24) is 19.8 Å². The van der Waals surface area contributed by atoms with Crippen molar-refractivity contribution in [3.63, 3.8) is 0 Å². The van der Waals surface area contributed by atoms with Gasteiger partial charge in [-0.25, -0.2) is 9.37 Å². The average Bonchev–Trinajstić information content (AvgIpc) is 3.19. The van der Waals surface area contributed by atoms with Crippen LogP contribution in [0.5, 0.6) is 5.75 Å². The van der Waals surface area contributed by atoms with E-state index >= 15 is 0 Å². The van der Waals surface area contributed by atoms with Gasteiger partial charge in [-0.05, 0) is 65.0 Å². The molecule has 0 saturated carbocycles. The summed E-state index contributed by atoms with van der Waals surface area (Å²) in [6.45, 7) is 4.68. The van der Waals surface area contributed by atoms with Gasteiger partial charge in [0.1, 0.15) is 17.2 Å². The second-order valence-corrected chi connectivity index (χ2v) is 9.95. The molecule has 1 fully saturated rings. The number of benzene rings is 1. The summed E-state index contributed by atoms with van der Waals surface area (Å²) in [5.74, 6) is -1.85. The second-order valence-electron chi connectivity index (χ2n) is 9.95. The van der Waals surface area contributed by atoms with E-state index in [9.17, 15) is 23.9 Å². The predicted octanol–water partition coefficient (Wildman–Crippen LogP) is 1.73. The largest absolute Gasteiger partial charge is 0.501 e. The summed E-state index contributed by atoms with van der Waals surface area (Å²) in [7, 11) is 3.90. The first-order valence-corrected chi connectivity index (χ1v) is 12.0. The maximum atomic E-state index is 14.2. The molecule has 1 saturated heterocycles. The van der Waals surface area contributed by atoms with E-state index in [4.69, 9.17) is 4.74 Å². The van der Waals surface area contributed by atoms with Crippen molar-refractivity contribution in [3.8, 4) is 5.75 Å². The first kappa shape index (κ1) is 25.8. The van der Waals surface area contributed by atoms with Gasteiger partial charge in [-0.15, -0.1) is 0 Å². The number of ether oxygens (including phenoxy) is 1. The zero-order chi connectivity index (χ0) is 26.2. The lowest BCUT2D eigenvalue weighted by Crippen LogP contribution is -2.42. The van der Waals surface area contributed by atoms with Crippen molar-refractivity contribution in [2.75, 3.05) is 32.1 Å². The van der Waals surface area contributed by atoms with Gasteiger partial charge in [0.2, 0.25) is 11.7 Å². The number of hydrogen-bond donors (Lipinski definition) is 2. The van der Waals surface area contributed by atoms with Crippen molar-refractivity contribution >= 4 is 17.5 Å². The summed E-state index contributed by atoms with van der Waals surface area (Å²) in [5, 5.41) is 13.1. The molecule has 4 rings (SSSR count). The molecule has 0 spiro atoms. The minimum absolute atomic E-state index is 0.0575. The molecule has 3 heterocycles. The monoisotopic (exact) mass is 501 g/mol. The predicted molar refractivity (Wildman–Crippen MR) is 130 cm³/mol. The third kappa shape index (κ3) is 4.98. The lowest BCUT2D eigenvalue weighted by Gasteiger charge is -2.32. The molecule has 1 atom stereocenters. The molecule has 0 radical (unpaired) electrons. The van der Waals surface area contributed by atoms with Crippen LogP contribution in [-0.2, 0) is 28.2 Å². The fraction of sp³-hybridized carbons (Fsp3) is 0.520. The van der Waals surface area contributed by atoms with Crippen LogP contribution in [0.4, 0.5) is 10.1 Å². The molecular formula is C25H32FN5O5. The van der Waals surface area contributed by atoms with Gasteiger partial charge >= 0.3 is 0 Å². The minimum Gasteiger partial charge on any atom is -0.501 e. The highest BCUT2D eigenvalue weighted by Gasteiger charge is 2.35. The molecule has 2 aromatic rings. The zero-order valence-corrected chi connectivity index (χ0v) is 21.0. The van der Waals surface area contributed by atoms with Crippen LogP contribution < -0.4 is 15.8 Å². The van der Waals surface area contributed by atoms with Gasteiger partial charge in [-0.1, -0.05) is 6.07 Å². The van der Waals surface area contributed by atoms with E-state index in [1.165, 1.54) is 22.8 Å². The Labute approximate surface area is 208 Å². The van der Waals surface area contributed by atoms with Crippen molar-refractivity contribution in [1.29, 1.82) is 0 Å². The lowest BCUT2D eigenvalue weighted by molar-refractivity contribution is -0.117. The zero-order valence-electron chi connectivity index (χ0n) is 21.0. The number of nitrogens with one attached hydrogen (secondary N) is 1. The highest BCUT2D eigenvalue weighted by atomic mass is 19.1. The Bertz CT molecular complexity index is 1240. The highest BCUT2D eigenvalue weighted by molar-refractivity contribution is 5.97. The first-order valence-electron chi connectivity index (χ1n) is 12.0. The number of aromatic hydroxyl groups is 1. The molecule has 194 valence electrons. The van der Waals surface area contributed by atoms with Crippen LogP contribution in [0.3, 0.4) is 0 Å². The topological polar surface area (TPSA) is 117 Å². The van der Waals surface area contributed by atoms with E-state index in [1.807, 2.05) is 19.0 Å². The van der Waals surface area contributed by atoms with Crippen molar-refractivity contribution in [2.45, 2.75) is 57.8 Å². The number of anilines is 1. The number of rotatable bonds is 7. The summed E-state index contributed by atoms with van der Waals surface area (Å²) < 4.78 is 21.2. The lowest BCUT2D eigenvalue weighted by atomic mass is 10.1. The molecule has 0 bridgehead atoms. The van der Waals surface area contributed by atoms with Gasteiger partial charge in [0.15, 0.2) is 5.69 Å². The Morgan fingerprint density at radius 1 is 1.33 bits per heavy atom. The van der Waals surface area contributed by atoms with Gasteiger partial charge in [-0.3, -0.25) is 19.0 Å². The van der Waals surface area contributed by atoms with Crippen LogP contribution in [-0.4, -0.2) is 64.7 Å². The SMILES string of the molecule is CN(C)CC[C@H]1CCC(=O)N1c1cc(F)ccc1CNC(=O)c1nc2n(c(=O)c1O)CCOC2(C)C. The van der Waals surface area contributed by atoms with E-state index in [0.29, 0.717) is 24.1 Å². The standard InChI is InChI=1S/C25H32FN5O5/c1-25(2)24-28-20(21(33)23(35)30(24)11-12-36-25)22(34)27-14-15-5-6-16(26)13-18(15)31-17(7-8-19(31)32)9-10-29(3)4/h5-6,13,17,33H,7-12,14H2,1-4H3,(H,27,34)/t17-/m1/s1. The second kappa shape index (κ2) is 9.98. The number of hydrogen-bond acceptors (Lipinski definition) is 7. The van der Waals surface area contributed by atoms with Gasteiger partial charge in [-0.2, -0.15) is 0 Å². The number of carbonyl (C=O) groups is 2. The van der Waals surface area contributed by atoms with E-state index in [2.05, 4.69) is 10.3 Å². The van der Waals surface area contributed by atoms with Crippen molar-refractivity contribution in [2.24, 2.45) is 0 Å². The molecule has 2 aliphatic rings. The van der Waals surface area contributed by atoms with Gasteiger partial charge < -0.3 is 25.0 Å². The average molecular weight is 502 g/mol. The molecule has 36 heavy (non-hydrogen) atoms. The summed E-state index contributed by atoms with van der Waals surface area (Å²) in [6.07, 6.45) is 1.77. The fourth-order valence-corrected chi connectivity index (χ4v) is 4.75. The maximum absolute atomic E-state index is 14.2. The number of aromatic nitrogens is 2. The number of carbonyl (C=O) groups excluding carboxylic acids is 2. The quantitative estimate of drug-likeness (QED) is 0.593. The molecule has 2 amide bonds. The molecule has 10 nitrogen and oxygen atoms in total. The molecule has 11 heteroatoms. The highest BCUT2D eigenvalue weighted by Crippen LogP contribution is 2.32. The van der Waals surface area contributed by atoms with Gasteiger partial charge in [0.25, 0.3) is 11.5 Å². The van der Waals surface area contributed by atoms with Gasteiger partial charge in [0, 0.05) is 19.0 Å². The van der Waals surface area contributed by atoms with Crippen LogP contribution in [0.15, 0.2) is 23.0 Å². The molecule has 2 N–H and O–H groups in total. The minimum atomic E-state index is -0.915. The van der Waals surface area contributed by atoms with E-state index in [-0.39, 0.29) is 37.5 Å². The molecule has 2 aliphatic heterocycles. The fourth-order valence-electron chi connectivity index (χ4n) is 4.75. The van der Waals surface area contributed by atoms with E-state index in [0.717, 1.165) is 13.0 Å². The number of halogens is 1. The Hall–Kier alpha value is -3.31. The summed E-state index contributed by atoms with van der Waals surface area (Å²) in [4.78, 5) is 46.4. The Balaban J connectivity index is 1.60. The molecule has 0 aliphatic carbocycles. The summed E-state index contributed by atoms with van der Waals surface area (Å²) in [6, 6.07) is 4.01. The van der Waals surface area contributed by atoms with E-state index in [1.54, 1.807) is 18.7 Å². The Morgan fingerprint density at radius 3 is 2.81 bits per heavy atom.